The van der Waals surface area contributed by atoms with Crippen LogP contribution in [0.3, 0.4) is 0 Å². The minimum absolute atomic E-state index is 0.00242. The smallest absolute Gasteiger partial charge is 0.227 e. The summed E-state index contributed by atoms with van der Waals surface area (Å²) in [7, 11) is 0. The predicted octanol–water partition coefficient (Wildman–Crippen LogP) is 1.68. The molecule has 3 rings (SSSR count). The fourth-order valence-corrected chi connectivity index (χ4v) is 3.35. The average Bonchev–Trinajstić information content (AvgIpc) is 3.42. The minimum atomic E-state index is -0.00242. The monoisotopic (exact) mass is 349 g/mol. The molecule has 0 spiro atoms. The van der Waals surface area contributed by atoms with Crippen molar-refractivity contribution in [1.82, 2.24) is 9.80 Å². The molecular formula is C18H24ClN3O2. The first-order valence-corrected chi connectivity index (χ1v) is 8.97. The summed E-state index contributed by atoms with van der Waals surface area (Å²) >= 11 is 6.12. The number of amides is 2. The van der Waals surface area contributed by atoms with Gasteiger partial charge in [-0.25, -0.2) is 0 Å². The van der Waals surface area contributed by atoms with Gasteiger partial charge in [-0.05, 0) is 30.4 Å². The SMILES string of the molecule is N[C@H](CC(=O)N1CCN(C(=O)Cc2ccccc2Cl)CC1)C1CC1. The second kappa shape index (κ2) is 7.53. The van der Waals surface area contributed by atoms with Crippen molar-refractivity contribution in [3.63, 3.8) is 0 Å². The van der Waals surface area contributed by atoms with Crippen molar-refractivity contribution in [3.05, 3.63) is 34.9 Å². The summed E-state index contributed by atoms with van der Waals surface area (Å²) in [6.07, 6.45) is 3.04. The second-order valence-corrected chi connectivity index (χ2v) is 7.14. The summed E-state index contributed by atoms with van der Waals surface area (Å²) in [4.78, 5) is 28.3. The zero-order valence-electron chi connectivity index (χ0n) is 13.8. The van der Waals surface area contributed by atoms with Crippen molar-refractivity contribution < 1.29 is 9.59 Å². The molecule has 1 saturated heterocycles. The van der Waals surface area contributed by atoms with Crippen molar-refractivity contribution in [2.24, 2.45) is 11.7 Å². The van der Waals surface area contributed by atoms with Gasteiger partial charge in [-0.2, -0.15) is 0 Å². The molecule has 1 saturated carbocycles. The average molecular weight is 350 g/mol. The summed E-state index contributed by atoms with van der Waals surface area (Å²) in [6.45, 7) is 2.33. The maximum atomic E-state index is 12.4. The lowest BCUT2D eigenvalue weighted by Crippen LogP contribution is -2.51. The molecule has 1 aromatic carbocycles. The molecule has 2 aliphatic rings. The molecule has 1 aliphatic heterocycles. The van der Waals surface area contributed by atoms with E-state index in [0.29, 0.717) is 50.0 Å². The van der Waals surface area contributed by atoms with Gasteiger partial charge < -0.3 is 15.5 Å². The van der Waals surface area contributed by atoms with Crippen LogP contribution in [0.15, 0.2) is 24.3 Å². The number of carbonyl (C=O) groups is 2. The maximum absolute atomic E-state index is 12.4. The highest BCUT2D eigenvalue weighted by atomic mass is 35.5. The fraction of sp³-hybridized carbons (Fsp3) is 0.556. The van der Waals surface area contributed by atoms with Gasteiger partial charge in [0.1, 0.15) is 0 Å². The Balaban J connectivity index is 1.46. The molecule has 1 heterocycles. The largest absolute Gasteiger partial charge is 0.339 e. The van der Waals surface area contributed by atoms with Crippen LogP contribution >= 0.6 is 11.6 Å². The molecule has 0 bridgehead atoms. The van der Waals surface area contributed by atoms with Crippen LogP contribution in [0.25, 0.3) is 0 Å². The molecule has 0 unspecified atom stereocenters. The molecule has 5 nitrogen and oxygen atoms in total. The van der Waals surface area contributed by atoms with E-state index in [4.69, 9.17) is 17.3 Å². The van der Waals surface area contributed by atoms with Crippen LogP contribution in [0.2, 0.25) is 5.02 Å². The van der Waals surface area contributed by atoms with Gasteiger partial charge in [0.15, 0.2) is 0 Å². The first-order chi connectivity index (χ1) is 11.5. The van der Waals surface area contributed by atoms with Gasteiger partial charge in [-0.1, -0.05) is 29.8 Å². The van der Waals surface area contributed by atoms with E-state index in [-0.39, 0.29) is 17.9 Å². The number of halogens is 1. The van der Waals surface area contributed by atoms with E-state index >= 15 is 0 Å². The molecule has 0 radical (unpaired) electrons. The summed E-state index contributed by atoms with van der Waals surface area (Å²) < 4.78 is 0. The number of carbonyl (C=O) groups excluding carboxylic acids is 2. The fourth-order valence-electron chi connectivity index (χ4n) is 3.14. The first-order valence-electron chi connectivity index (χ1n) is 8.59. The Morgan fingerprint density at radius 1 is 1.08 bits per heavy atom. The Morgan fingerprint density at radius 3 is 2.25 bits per heavy atom. The Bertz CT molecular complexity index is 610. The number of piperazine rings is 1. The van der Waals surface area contributed by atoms with Gasteiger partial charge in [0.25, 0.3) is 0 Å². The quantitative estimate of drug-likeness (QED) is 0.879. The lowest BCUT2D eigenvalue weighted by atomic mass is 10.1. The topological polar surface area (TPSA) is 66.6 Å². The molecule has 0 aromatic heterocycles. The molecule has 24 heavy (non-hydrogen) atoms. The Labute approximate surface area is 147 Å². The van der Waals surface area contributed by atoms with Crippen LogP contribution in [-0.2, 0) is 16.0 Å². The molecule has 1 aliphatic carbocycles. The first kappa shape index (κ1) is 17.2. The molecule has 2 amide bonds. The summed E-state index contributed by atoms with van der Waals surface area (Å²) in [5.74, 6) is 0.713. The van der Waals surface area contributed by atoms with E-state index in [2.05, 4.69) is 0 Å². The van der Waals surface area contributed by atoms with Crippen LogP contribution in [0, 0.1) is 5.92 Å². The molecule has 6 heteroatoms. The van der Waals surface area contributed by atoms with Crippen molar-refractivity contribution in [3.8, 4) is 0 Å². The molecule has 1 atom stereocenters. The molecule has 1 aromatic rings. The van der Waals surface area contributed by atoms with Crippen LogP contribution in [0.1, 0.15) is 24.8 Å². The number of benzene rings is 1. The summed E-state index contributed by atoms with van der Waals surface area (Å²) in [5.41, 5.74) is 6.88. The van der Waals surface area contributed by atoms with Crippen LogP contribution in [0.5, 0.6) is 0 Å². The zero-order chi connectivity index (χ0) is 17.1. The van der Waals surface area contributed by atoms with Gasteiger partial charge in [0, 0.05) is 43.7 Å². The molecule has 2 fully saturated rings. The standard InChI is InChI=1S/C18H24ClN3O2/c19-15-4-2-1-3-14(15)11-17(23)21-7-9-22(10-8-21)18(24)12-16(20)13-5-6-13/h1-4,13,16H,5-12,20H2/t16-/m1/s1. The number of nitrogens with zero attached hydrogens (tertiary/aromatic N) is 2. The highest BCUT2D eigenvalue weighted by Gasteiger charge is 2.32. The van der Waals surface area contributed by atoms with E-state index in [9.17, 15) is 9.59 Å². The van der Waals surface area contributed by atoms with E-state index in [1.165, 1.54) is 0 Å². The van der Waals surface area contributed by atoms with Crippen molar-refractivity contribution in [1.29, 1.82) is 0 Å². The van der Waals surface area contributed by atoms with Gasteiger partial charge in [0.05, 0.1) is 6.42 Å². The third-order valence-corrected chi connectivity index (χ3v) is 5.29. The van der Waals surface area contributed by atoms with Crippen LogP contribution in [0.4, 0.5) is 0 Å². The van der Waals surface area contributed by atoms with Crippen LogP contribution < -0.4 is 5.73 Å². The van der Waals surface area contributed by atoms with E-state index in [1.54, 1.807) is 6.07 Å². The zero-order valence-corrected chi connectivity index (χ0v) is 14.5. The Hall–Kier alpha value is -1.59. The van der Waals surface area contributed by atoms with E-state index in [0.717, 1.165) is 18.4 Å². The number of rotatable bonds is 5. The Kier molecular flexibility index (Phi) is 5.41. The Morgan fingerprint density at radius 2 is 1.67 bits per heavy atom. The van der Waals surface area contributed by atoms with Crippen molar-refractivity contribution in [2.45, 2.75) is 31.7 Å². The van der Waals surface area contributed by atoms with Crippen molar-refractivity contribution >= 4 is 23.4 Å². The molecule has 2 N–H and O–H groups in total. The minimum Gasteiger partial charge on any atom is -0.339 e. The molecular weight excluding hydrogens is 326 g/mol. The van der Waals surface area contributed by atoms with E-state index < -0.39 is 0 Å². The number of hydrogen-bond acceptors (Lipinski definition) is 3. The maximum Gasteiger partial charge on any atom is 0.227 e. The highest BCUT2D eigenvalue weighted by Crippen LogP contribution is 2.33. The normalized spacial score (nSPS) is 19.2. The number of hydrogen-bond donors (Lipinski definition) is 1. The summed E-state index contributed by atoms with van der Waals surface area (Å²) in [5, 5.41) is 0.619. The lowest BCUT2D eigenvalue weighted by Gasteiger charge is -2.35. The van der Waals surface area contributed by atoms with Gasteiger partial charge in [-0.3, -0.25) is 9.59 Å². The van der Waals surface area contributed by atoms with Gasteiger partial charge in [0.2, 0.25) is 11.8 Å². The third kappa shape index (κ3) is 4.28. The lowest BCUT2D eigenvalue weighted by molar-refractivity contribution is -0.139. The highest BCUT2D eigenvalue weighted by molar-refractivity contribution is 6.31. The van der Waals surface area contributed by atoms with E-state index in [1.807, 2.05) is 28.0 Å². The van der Waals surface area contributed by atoms with Crippen molar-refractivity contribution in [2.75, 3.05) is 26.2 Å². The van der Waals surface area contributed by atoms with Crippen LogP contribution in [-0.4, -0.2) is 53.8 Å². The second-order valence-electron chi connectivity index (χ2n) is 6.74. The number of nitrogens with two attached hydrogens (primary N) is 1. The molecule has 130 valence electrons. The van der Waals surface area contributed by atoms with Gasteiger partial charge in [-0.15, -0.1) is 0 Å². The third-order valence-electron chi connectivity index (χ3n) is 4.92. The van der Waals surface area contributed by atoms with Gasteiger partial charge >= 0.3 is 0 Å². The predicted molar refractivity (Wildman–Crippen MR) is 93.6 cm³/mol. The summed E-state index contributed by atoms with van der Waals surface area (Å²) in [6, 6.07) is 7.40.